The summed E-state index contributed by atoms with van der Waals surface area (Å²) in [7, 11) is -4.98. The number of nitrogens with zero attached hydrogens (tertiary/aromatic N) is 1. The zero-order valence-electron chi connectivity index (χ0n) is 9.97. The maximum Gasteiger partial charge on any atom is 0.525 e. The Labute approximate surface area is 110 Å². The number of fused-ring (bicyclic) bond motifs is 1. The molecule has 0 radical (unpaired) electrons. The Bertz CT molecular complexity index is 805. The smallest absolute Gasteiger partial charge is 0.415 e. The van der Waals surface area contributed by atoms with Crippen LogP contribution in [0.5, 0.6) is 5.75 Å². The van der Waals surface area contributed by atoms with E-state index in [1.165, 1.54) is 6.07 Å². The highest BCUT2D eigenvalue weighted by Crippen LogP contribution is 2.44. The number of nitro benzene ring substituents is 1. The molecule has 0 bridgehead atoms. The first-order valence-corrected chi connectivity index (χ1v) is 6.69. The first kappa shape index (κ1) is 14.2. The fraction of sp³-hybridized carbons (Fsp3) is 0.100. The van der Waals surface area contributed by atoms with Gasteiger partial charge in [-0.1, -0.05) is 0 Å². The summed E-state index contributed by atoms with van der Waals surface area (Å²) < 4.78 is 19.8. The first-order chi connectivity index (χ1) is 9.19. The van der Waals surface area contributed by atoms with Gasteiger partial charge in [-0.25, -0.2) is 9.36 Å². The first-order valence-electron chi connectivity index (χ1n) is 5.16. The van der Waals surface area contributed by atoms with Gasteiger partial charge in [-0.15, -0.1) is 0 Å². The van der Waals surface area contributed by atoms with E-state index in [0.717, 1.165) is 12.1 Å². The Balaban J connectivity index is 2.85. The fourth-order valence-corrected chi connectivity index (χ4v) is 2.13. The summed E-state index contributed by atoms with van der Waals surface area (Å²) in [5.41, 5.74) is -1.59. The molecule has 9 nitrogen and oxygen atoms in total. The van der Waals surface area contributed by atoms with Crippen LogP contribution in [-0.4, -0.2) is 14.7 Å². The van der Waals surface area contributed by atoms with Gasteiger partial charge in [-0.05, 0) is 24.6 Å². The van der Waals surface area contributed by atoms with Gasteiger partial charge in [0.1, 0.15) is 0 Å². The van der Waals surface area contributed by atoms with Gasteiger partial charge in [-0.2, -0.15) is 0 Å². The van der Waals surface area contributed by atoms with Gasteiger partial charge < -0.3 is 8.94 Å². The van der Waals surface area contributed by atoms with Crippen molar-refractivity contribution in [3.8, 4) is 5.75 Å². The van der Waals surface area contributed by atoms with Crippen LogP contribution in [-0.2, 0) is 4.57 Å². The topological polar surface area (TPSA) is 140 Å². The fourth-order valence-electron chi connectivity index (χ4n) is 1.73. The number of nitro groups is 1. The van der Waals surface area contributed by atoms with Crippen molar-refractivity contribution in [1.82, 2.24) is 0 Å². The number of benzene rings is 1. The molecule has 1 heterocycles. The summed E-state index contributed by atoms with van der Waals surface area (Å²) in [6.07, 6.45) is 0. The minimum absolute atomic E-state index is 0.273. The van der Waals surface area contributed by atoms with Crippen LogP contribution in [0.3, 0.4) is 0 Å². The second-order valence-corrected chi connectivity index (χ2v) is 5.04. The molecule has 0 fully saturated rings. The molecule has 2 rings (SSSR count). The lowest BCUT2D eigenvalue weighted by atomic mass is 10.1. The number of phosphoric acid groups is 1. The predicted octanol–water partition coefficient (Wildman–Crippen LogP) is 1.48. The molecule has 0 atom stereocenters. The molecule has 20 heavy (non-hydrogen) atoms. The lowest BCUT2D eigenvalue weighted by Crippen LogP contribution is -2.02. The van der Waals surface area contributed by atoms with Crippen molar-refractivity contribution in [3.63, 3.8) is 0 Å². The molecule has 0 saturated carbocycles. The van der Waals surface area contributed by atoms with Crippen LogP contribution in [0.4, 0.5) is 5.69 Å². The van der Waals surface area contributed by atoms with Gasteiger partial charge >= 0.3 is 19.1 Å². The maximum atomic E-state index is 11.3. The molecule has 0 spiro atoms. The highest BCUT2D eigenvalue weighted by atomic mass is 31.2. The Morgan fingerprint density at radius 2 is 2.05 bits per heavy atom. The largest absolute Gasteiger partial charge is 0.525 e. The third kappa shape index (κ3) is 2.69. The average Bonchev–Trinajstić information content (AvgIpc) is 2.24. The van der Waals surface area contributed by atoms with Gasteiger partial charge in [0.15, 0.2) is 0 Å². The van der Waals surface area contributed by atoms with E-state index in [1.807, 2.05) is 0 Å². The number of aryl methyl sites for hydroxylation is 1. The molecule has 0 saturated heterocycles. The third-order valence-corrected chi connectivity index (χ3v) is 2.89. The quantitative estimate of drug-likeness (QED) is 0.376. The summed E-state index contributed by atoms with van der Waals surface area (Å²) >= 11 is 0. The summed E-state index contributed by atoms with van der Waals surface area (Å²) in [5.74, 6) is -0.676. The normalized spacial score (nSPS) is 11.6. The van der Waals surface area contributed by atoms with Gasteiger partial charge in [0.05, 0.1) is 4.92 Å². The monoisotopic (exact) mass is 301 g/mol. The van der Waals surface area contributed by atoms with Crippen LogP contribution in [0, 0.1) is 17.0 Å². The van der Waals surface area contributed by atoms with Crippen LogP contribution < -0.4 is 10.1 Å². The molecular weight excluding hydrogens is 293 g/mol. The van der Waals surface area contributed by atoms with E-state index in [4.69, 9.17) is 14.2 Å². The Hall–Kier alpha value is -2.22. The van der Waals surface area contributed by atoms with E-state index in [0.29, 0.717) is 5.56 Å². The SMILES string of the molecule is Cc1cc(=O)oc2c([N+](=O)[O-])c(OP(=O)(O)O)ccc12. The zero-order valence-corrected chi connectivity index (χ0v) is 10.9. The summed E-state index contributed by atoms with van der Waals surface area (Å²) in [6, 6.07) is 3.49. The van der Waals surface area contributed by atoms with Crippen molar-refractivity contribution in [2.75, 3.05) is 0 Å². The Kier molecular flexibility index (Phi) is 3.34. The van der Waals surface area contributed by atoms with Crippen molar-refractivity contribution in [3.05, 3.63) is 44.3 Å². The molecule has 0 aliphatic rings. The minimum Gasteiger partial charge on any atom is -0.415 e. The van der Waals surface area contributed by atoms with Crippen LogP contribution in [0.2, 0.25) is 0 Å². The standard InChI is InChI=1S/C10H8NO8P/c1-5-4-8(12)18-10-6(5)2-3-7(9(10)11(13)14)19-20(15,16)17/h2-4H,1H3,(H2,15,16,17). The highest BCUT2D eigenvalue weighted by molar-refractivity contribution is 7.46. The van der Waals surface area contributed by atoms with Crippen LogP contribution in [0.25, 0.3) is 11.0 Å². The molecule has 10 heteroatoms. The van der Waals surface area contributed by atoms with Crippen molar-refractivity contribution in [2.45, 2.75) is 6.92 Å². The predicted molar refractivity (Wildman–Crippen MR) is 66.5 cm³/mol. The summed E-state index contributed by atoms with van der Waals surface area (Å²) in [6.45, 7) is 1.55. The lowest BCUT2D eigenvalue weighted by Gasteiger charge is -2.08. The molecule has 2 aromatic rings. The summed E-state index contributed by atoms with van der Waals surface area (Å²) in [4.78, 5) is 38.9. The second-order valence-electron chi connectivity index (χ2n) is 3.88. The molecular formula is C10H8NO8P. The van der Waals surface area contributed by atoms with Crippen LogP contribution in [0.15, 0.2) is 27.4 Å². The minimum atomic E-state index is -4.98. The highest BCUT2D eigenvalue weighted by Gasteiger charge is 2.28. The lowest BCUT2D eigenvalue weighted by molar-refractivity contribution is -0.384. The zero-order chi connectivity index (χ0) is 15.1. The van der Waals surface area contributed by atoms with Crippen molar-refractivity contribution >= 4 is 24.5 Å². The van der Waals surface area contributed by atoms with Gasteiger partial charge in [0, 0.05) is 11.5 Å². The molecule has 0 aliphatic heterocycles. The Morgan fingerprint density at radius 1 is 1.40 bits per heavy atom. The number of hydrogen-bond acceptors (Lipinski definition) is 6. The van der Waals surface area contributed by atoms with E-state index in [-0.39, 0.29) is 5.39 Å². The third-order valence-electron chi connectivity index (χ3n) is 2.46. The van der Waals surface area contributed by atoms with E-state index in [2.05, 4.69) is 4.52 Å². The number of phosphoric ester groups is 1. The van der Waals surface area contributed by atoms with Gasteiger partial charge in [0.25, 0.3) is 0 Å². The van der Waals surface area contributed by atoms with Crippen LogP contribution >= 0.6 is 7.82 Å². The second kappa shape index (κ2) is 4.71. The van der Waals surface area contributed by atoms with Gasteiger partial charge in [-0.3, -0.25) is 19.9 Å². The van der Waals surface area contributed by atoms with E-state index >= 15 is 0 Å². The van der Waals surface area contributed by atoms with Crippen molar-refractivity contribution in [2.24, 2.45) is 0 Å². The van der Waals surface area contributed by atoms with Crippen LogP contribution in [0.1, 0.15) is 5.56 Å². The Morgan fingerprint density at radius 3 is 2.60 bits per heavy atom. The molecule has 2 N–H and O–H groups in total. The van der Waals surface area contributed by atoms with E-state index in [9.17, 15) is 19.5 Å². The molecule has 1 aromatic heterocycles. The number of hydrogen-bond donors (Lipinski definition) is 2. The number of rotatable bonds is 3. The summed E-state index contributed by atoms with van der Waals surface area (Å²) in [5, 5.41) is 11.3. The molecule has 0 amide bonds. The van der Waals surface area contributed by atoms with E-state index in [1.54, 1.807) is 6.92 Å². The average molecular weight is 301 g/mol. The van der Waals surface area contributed by atoms with Gasteiger partial charge in [0.2, 0.25) is 11.3 Å². The maximum absolute atomic E-state index is 11.3. The molecule has 106 valence electrons. The molecule has 0 aliphatic carbocycles. The van der Waals surface area contributed by atoms with Crippen molar-refractivity contribution < 1.29 is 28.2 Å². The van der Waals surface area contributed by atoms with E-state index < -0.39 is 35.4 Å². The van der Waals surface area contributed by atoms with Crippen molar-refractivity contribution in [1.29, 1.82) is 0 Å². The molecule has 0 unspecified atom stereocenters. The molecule has 1 aromatic carbocycles.